The zero-order valence-corrected chi connectivity index (χ0v) is 9.29. The van der Waals surface area contributed by atoms with Gasteiger partial charge in [0.2, 0.25) is 0 Å². The number of hydrogen-bond donors (Lipinski definition) is 1. The van der Waals surface area contributed by atoms with Crippen LogP contribution in [0.2, 0.25) is 0 Å². The zero-order chi connectivity index (χ0) is 12.6. The minimum atomic E-state index is -3.93. The van der Waals surface area contributed by atoms with Crippen LogP contribution in [0.5, 0.6) is 0 Å². The van der Waals surface area contributed by atoms with E-state index < -0.39 is 17.6 Å². The number of aromatic nitrogens is 1. The number of rotatable bonds is 2. The fourth-order valence-electron chi connectivity index (χ4n) is 1.13. The number of halogens is 2. The summed E-state index contributed by atoms with van der Waals surface area (Å²) < 4.78 is 26.1. The molecule has 0 atom stereocenters. The second-order valence-corrected chi connectivity index (χ2v) is 4.56. The zero-order valence-electron chi connectivity index (χ0n) is 9.29. The Hall–Kier alpha value is -1.52. The molecule has 88 valence electrons. The summed E-state index contributed by atoms with van der Waals surface area (Å²) in [5.74, 6) is -6.13. The highest BCUT2D eigenvalue weighted by Gasteiger charge is 2.42. The SMILES string of the molecule is CC(C)(C)c1ccc(C(F)(F)C(=O)O)nc1. The molecule has 1 aromatic rings. The summed E-state index contributed by atoms with van der Waals surface area (Å²) in [5, 5.41) is 8.33. The fourth-order valence-corrected chi connectivity index (χ4v) is 1.13. The van der Waals surface area contributed by atoms with E-state index >= 15 is 0 Å². The van der Waals surface area contributed by atoms with Crippen LogP contribution in [-0.4, -0.2) is 16.1 Å². The second-order valence-electron chi connectivity index (χ2n) is 4.56. The van der Waals surface area contributed by atoms with Crippen LogP contribution in [0.3, 0.4) is 0 Å². The number of hydrogen-bond acceptors (Lipinski definition) is 2. The Morgan fingerprint density at radius 2 is 1.88 bits per heavy atom. The van der Waals surface area contributed by atoms with Gasteiger partial charge in [-0.2, -0.15) is 8.78 Å². The maximum absolute atomic E-state index is 13.0. The number of carboxylic acid groups (broad SMARTS) is 1. The molecule has 0 aliphatic carbocycles. The number of carbonyl (C=O) groups is 1. The molecule has 5 heteroatoms. The first-order chi connectivity index (χ1) is 7.15. The van der Waals surface area contributed by atoms with Gasteiger partial charge >= 0.3 is 11.9 Å². The Labute approximate surface area is 92.1 Å². The van der Waals surface area contributed by atoms with E-state index in [9.17, 15) is 13.6 Å². The van der Waals surface area contributed by atoms with Gasteiger partial charge in [0.25, 0.3) is 0 Å². The van der Waals surface area contributed by atoms with Gasteiger partial charge in [0, 0.05) is 6.20 Å². The molecule has 0 spiro atoms. The van der Waals surface area contributed by atoms with Gasteiger partial charge in [-0.05, 0) is 17.0 Å². The number of carboxylic acids is 1. The molecule has 0 fully saturated rings. The number of aliphatic carboxylic acids is 1. The lowest BCUT2D eigenvalue weighted by Crippen LogP contribution is -2.26. The monoisotopic (exact) mass is 229 g/mol. The summed E-state index contributed by atoms with van der Waals surface area (Å²) in [6.07, 6.45) is 1.28. The Morgan fingerprint density at radius 1 is 1.31 bits per heavy atom. The van der Waals surface area contributed by atoms with Crippen molar-refractivity contribution < 1.29 is 18.7 Å². The minimum Gasteiger partial charge on any atom is -0.476 e. The van der Waals surface area contributed by atoms with Crippen molar-refractivity contribution in [1.29, 1.82) is 0 Å². The molecule has 0 amide bonds. The lowest BCUT2D eigenvalue weighted by atomic mass is 9.88. The number of nitrogens with zero attached hydrogens (tertiary/aromatic N) is 1. The van der Waals surface area contributed by atoms with E-state index in [4.69, 9.17) is 5.11 Å². The molecule has 1 N–H and O–H groups in total. The molecule has 0 saturated heterocycles. The van der Waals surface area contributed by atoms with Crippen LogP contribution >= 0.6 is 0 Å². The summed E-state index contributed by atoms with van der Waals surface area (Å²) in [6.45, 7) is 5.75. The van der Waals surface area contributed by atoms with E-state index in [1.807, 2.05) is 20.8 Å². The van der Waals surface area contributed by atoms with Crippen molar-refractivity contribution in [3.05, 3.63) is 29.6 Å². The molecule has 0 saturated carbocycles. The van der Waals surface area contributed by atoms with E-state index in [0.29, 0.717) is 0 Å². The Bertz CT molecular complexity index is 393. The third kappa shape index (κ3) is 2.35. The summed E-state index contributed by atoms with van der Waals surface area (Å²) in [6, 6.07) is 2.52. The molecule has 0 aliphatic rings. The normalized spacial score (nSPS) is 12.6. The maximum atomic E-state index is 13.0. The van der Waals surface area contributed by atoms with Gasteiger partial charge in [0.1, 0.15) is 5.69 Å². The summed E-state index contributed by atoms with van der Waals surface area (Å²) in [5.41, 5.74) is -0.172. The smallest absolute Gasteiger partial charge is 0.384 e. The van der Waals surface area contributed by atoms with Crippen LogP contribution in [0.15, 0.2) is 18.3 Å². The molecule has 0 aromatic carbocycles. The quantitative estimate of drug-likeness (QED) is 0.847. The molecule has 1 heterocycles. The topological polar surface area (TPSA) is 50.2 Å². The molecular weight excluding hydrogens is 216 g/mol. The van der Waals surface area contributed by atoms with Gasteiger partial charge < -0.3 is 5.11 Å². The van der Waals surface area contributed by atoms with E-state index in [-0.39, 0.29) is 5.41 Å². The van der Waals surface area contributed by atoms with Gasteiger partial charge in [0.05, 0.1) is 0 Å². The molecule has 16 heavy (non-hydrogen) atoms. The van der Waals surface area contributed by atoms with Crippen molar-refractivity contribution in [2.24, 2.45) is 0 Å². The first-order valence-corrected chi connectivity index (χ1v) is 4.74. The van der Waals surface area contributed by atoms with Gasteiger partial charge in [0.15, 0.2) is 0 Å². The molecule has 0 radical (unpaired) electrons. The van der Waals surface area contributed by atoms with Crippen molar-refractivity contribution in [3.8, 4) is 0 Å². The minimum absolute atomic E-state index is 0.204. The van der Waals surface area contributed by atoms with E-state index in [1.165, 1.54) is 12.3 Å². The Balaban J connectivity index is 3.09. The van der Waals surface area contributed by atoms with Crippen LogP contribution in [0.1, 0.15) is 32.0 Å². The summed E-state index contributed by atoms with van der Waals surface area (Å²) in [4.78, 5) is 13.8. The van der Waals surface area contributed by atoms with Crippen molar-refractivity contribution in [2.45, 2.75) is 32.1 Å². The first kappa shape index (κ1) is 12.5. The van der Waals surface area contributed by atoms with Crippen molar-refractivity contribution in [3.63, 3.8) is 0 Å². The maximum Gasteiger partial charge on any atom is 0.384 e. The number of alkyl halides is 2. The lowest BCUT2D eigenvalue weighted by Gasteiger charge is -2.19. The van der Waals surface area contributed by atoms with Gasteiger partial charge in [-0.25, -0.2) is 4.79 Å². The number of pyridine rings is 1. The largest absolute Gasteiger partial charge is 0.476 e. The predicted octanol–water partition coefficient (Wildman–Crippen LogP) is 2.56. The van der Waals surface area contributed by atoms with Gasteiger partial charge in [-0.1, -0.05) is 26.8 Å². The molecular formula is C11H13F2NO2. The molecule has 0 unspecified atom stereocenters. The van der Waals surface area contributed by atoms with E-state index in [2.05, 4.69) is 4.98 Å². The molecule has 1 rings (SSSR count). The average Bonchev–Trinajstić information content (AvgIpc) is 2.16. The lowest BCUT2D eigenvalue weighted by molar-refractivity contribution is -0.166. The summed E-state index contributed by atoms with van der Waals surface area (Å²) >= 11 is 0. The van der Waals surface area contributed by atoms with Crippen LogP contribution in [0, 0.1) is 0 Å². The molecule has 1 aromatic heterocycles. The van der Waals surface area contributed by atoms with Gasteiger partial charge in [-0.15, -0.1) is 0 Å². The van der Waals surface area contributed by atoms with E-state index in [0.717, 1.165) is 11.6 Å². The average molecular weight is 229 g/mol. The predicted molar refractivity (Wildman–Crippen MR) is 54.5 cm³/mol. The highest BCUT2D eigenvalue weighted by atomic mass is 19.3. The van der Waals surface area contributed by atoms with Gasteiger partial charge in [-0.3, -0.25) is 4.98 Å². The highest BCUT2D eigenvalue weighted by molar-refractivity contribution is 5.76. The molecule has 0 aliphatic heterocycles. The van der Waals surface area contributed by atoms with Crippen LogP contribution in [-0.2, 0) is 16.1 Å². The fraction of sp³-hybridized carbons (Fsp3) is 0.455. The standard InChI is InChI=1S/C11H13F2NO2/c1-10(2,3)7-4-5-8(14-6-7)11(12,13)9(15)16/h4-6H,1-3H3,(H,15,16). The Kier molecular flexibility index (Phi) is 2.99. The van der Waals surface area contributed by atoms with Crippen LogP contribution in [0.25, 0.3) is 0 Å². The summed E-state index contributed by atoms with van der Waals surface area (Å²) in [7, 11) is 0. The third-order valence-electron chi connectivity index (χ3n) is 2.22. The highest BCUT2D eigenvalue weighted by Crippen LogP contribution is 2.28. The molecule has 0 bridgehead atoms. The van der Waals surface area contributed by atoms with Crippen molar-refractivity contribution in [1.82, 2.24) is 4.98 Å². The second kappa shape index (κ2) is 3.81. The Morgan fingerprint density at radius 3 is 2.19 bits per heavy atom. The third-order valence-corrected chi connectivity index (χ3v) is 2.22. The van der Waals surface area contributed by atoms with Crippen LogP contribution < -0.4 is 0 Å². The van der Waals surface area contributed by atoms with Crippen molar-refractivity contribution in [2.75, 3.05) is 0 Å². The first-order valence-electron chi connectivity index (χ1n) is 4.74. The van der Waals surface area contributed by atoms with Crippen molar-refractivity contribution >= 4 is 5.97 Å². The molecule has 3 nitrogen and oxygen atoms in total. The van der Waals surface area contributed by atoms with E-state index in [1.54, 1.807) is 0 Å². The van der Waals surface area contributed by atoms with Crippen LogP contribution in [0.4, 0.5) is 8.78 Å².